The van der Waals surface area contributed by atoms with E-state index in [2.05, 4.69) is 10.1 Å². The van der Waals surface area contributed by atoms with Crippen molar-refractivity contribution in [1.82, 2.24) is 5.32 Å². The second kappa shape index (κ2) is 7.82. The molecule has 9 heteroatoms. The van der Waals surface area contributed by atoms with E-state index >= 15 is 0 Å². The van der Waals surface area contributed by atoms with Crippen molar-refractivity contribution in [1.29, 1.82) is 0 Å². The number of benzene rings is 1. The Morgan fingerprint density at radius 1 is 1.33 bits per heavy atom. The zero-order valence-electron chi connectivity index (χ0n) is 13.0. The monoisotopic (exact) mass is 352 g/mol. The van der Waals surface area contributed by atoms with Gasteiger partial charge >= 0.3 is 12.1 Å². The number of fused-ring (bicyclic) bond motifs is 1. The Hall–Kier alpha value is -2.55. The zero-order valence-corrected chi connectivity index (χ0v) is 13.8. The molecule has 0 spiro atoms. The quantitative estimate of drug-likeness (QED) is 0.786. The summed E-state index contributed by atoms with van der Waals surface area (Å²) >= 11 is 1.26. The molecule has 2 atom stereocenters. The molecule has 2 rings (SSSR count). The molecular formula is C15H16N2O6S. The van der Waals surface area contributed by atoms with Crippen molar-refractivity contribution in [3.63, 3.8) is 0 Å². The molecule has 0 fully saturated rings. The highest BCUT2D eigenvalue weighted by atomic mass is 32.2. The van der Waals surface area contributed by atoms with Crippen LogP contribution in [0.4, 0.5) is 10.5 Å². The van der Waals surface area contributed by atoms with E-state index < -0.39 is 29.3 Å². The van der Waals surface area contributed by atoms with Crippen LogP contribution >= 0.6 is 11.8 Å². The highest BCUT2D eigenvalue weighted by Gasteiger charge is 2.30. The fourth-order valence-electron chi connectivity index (χ4n) is 1.93. The van der Waals surface area contributed by atoms with Crippen LogP contribution in [0, 0.1) is 0 Å². The number of methoxy groups -OCH3 is 1. The van der Waals surface area contributed by atoms with Crippen molar-refractivity contribution < 1.29 is 28.7 Å². The van der Waals surface area contributed by atoms with Gasteiger partial charge in [0.15, 0.2) is 6.10 Å². The Labute approximate surface area is 142 Å². The van der Waals surface area contributed by atoms with E-state index in [4.69, 9.17) is 4.74 Å². The Morgan fingerprint density at radius 3 is 2.75 bits per heavy atom. The Morgan fingerprint density at radius 2 is 2.04 bits per heavy atom. The van der Waals surface area contributed by atoms with E-state index in [9.17, 15) is 19.2 Å². The summed E-state index contributed by atoms with van der Waals surface area (Å²) in [4.78, 5) is 47.3. The molecule has 128 valence electrons. The SMILES string of the molecule is COC(=O)NC(=O)[C@H](C)OC(=O)C[C@@H]1Sc2ccccc2NC1=O. The smallest absolute Gasteiger partial charge is 0.413 e. The summed E-state index contributed by atoms with van der Waals surface area (Å²) in [6.07, 6.45) is -2.32. The van der Waals surface area contributed by atoms with Crippen LogP contribution in [0.2, 0.25) is 0 Å². The normalized spacial score (nSPS) is 17.1. The minimum absolute atomic E-state index is 0.194. The lowest BCUT2D eigenvalue weighted by Crippen LogP contribution is -2.40. The maximum atomic E-state index is 12.0. The number of carbonyl (C=O) groups is 4. The van der Waals surface area contributed by atoms with Gasteiger partial charge in [-0.15, -0.1) is 11.8 Å². The summed E-state index contributed by atoms with van der Waals surface area (Å²) in [6.45, 7) is 1.32. The van der Waals surface area contributed by atoms with Crippen LogP contribution in [0.25, 0.3) is 0 Å². The van der Waals surface area contributed by atoms with E-state index in [-0.39, 0.29) is 12.3 Å². The van der Waals surface area contributed by atoms with Gasteiger partial charge in [0.05, 0.1) is 24.5 Å². The first-order chi connectivity index (χ1) is 11.4. The predicted octanol–water partition coefficient (Wildman–Crippen LogP) is 1.30. The highest BCUT2D eigenvalue weighted by molar-refractivity contribution is 8.01. The van der Waals surface area contributed by atoms with Crippen molar-refractivity contribution in [2.24, 2.45) is 0 Å². The minimum atomic E-state index is -1.18. The van der Waals surface area contributed by atoms with Gasteiger partial charge < -0.3 is 14.8 Å². The van der Waals surface area contributed by atoms with Gasteiger partial charge in [0, 0.05) is 4.90 Å². The van der Waals surface area contributed by atoms with E-state index in [1.165, 1.54) is 18.7 Å². The average Bonchev–Trinajstić information content (AvgIpc) is 2.55. The molecule has 1 aliphatic heterocycles. The molecule has 0 bridgehead atoms. The summed E-state index contributed by atoms with van der Waals surface area (Å²) in [7, 11) is 1.11. The van der Waals surface area contributed by atoms with Gasteiger partial charge in [-0.1, -0.05) is 12.1 Å². The van der Waals surface area contributed by atoms with Gasteiger partial charge in [0.25, 0.3) is 5.91 Å². The third kappa shape index (κ3) is 4.48. The van der Waals surface area contributed by atoms with Crippen molar-refractivity contribution >= 4 is 41.3 Å². The van der Waals surface area contributed by atoms with E-state index in [1.54, 1.807) is 12.1 Å². The van der Waals surface area contributed by atoms with Crippen LogP contribution in [0.5, 0.6) is 0 Å². The number of para-hydroxylation sites is 1. The number of ether oxygens (including phenoxy) is 2. The number of hydrogen-bond acceptors (Lipinski definition) is 7. The molecule has 1 aliphatic rings. The van der Waals surface area contributed by atoms with Crippen molar-refractivity contribution in [2.75, 3.05) is 12.4 Å². The van der Waals surface area contributed by atoms with Crippen LogP contribution < -0.4 is 10.6 Å². The van der Waals surface area contributed by atoms with Gasteiger partial charge in [-0.25, -0.2) is 4.79 Å². The van der Waals surface area contributed by atoms with Crippen molar-refractivity contribution in [3.05, 3.63) is 24.3 Å². The maximum absolute atomic E-state index is 12.0. The number of imide groups is 1. The topological polar surface area (TPSA) is 111 Å². The number of alkyl carbamates (subject to hydrolysis) is 1. The van der Waals surface area contributed by atoms with E-state index in [0.29, 0.717) is 5.69 Å². The van der Waals surface area contributed by atoms with Gasteiger partial charge in [0.1, 0.15) is 0 Å². The van der Waals surface area contributed by atoms with Crippen LogP contribution in [0.1, 0.15) is 13.3 Å². The second-order valence-corrected chi connectivity index (χ2v) is 6.15. The number of amides is 3. The molecule has 0 saturated heterocycles. The number of thioether (sulfide) groups is 1. The summed E-state index contributed by atoms with van der Waals surface area (Å²) in [6, 6.07) is 7.24. The highest BCUT2D eigenvalue weighted by Crippen LogP contribution is 2.36. The van der Waals surface area contributed by atoms with Gasteiger partial charge in [-0.2, -0.15) is 0 Å². The molecule has 2 N–H and O–H groups in total. The second-order valence-electron chi connectivity index (χ2n) is 4.91. The van der Waals surface area contributed by atoms with Gasteiger partial charge in [0.2, 0.25) is 5.91 Å². The van der Waals surface area contributed by atoms with E-state index in [1.807, 2.05) is 17.4 Å². The first-order valence-corrected chi connectivity index (χ1v) is 7.93. The number of rotatable bonds is 4. The molecule has 0 radical (unpaired) electrons. The maximum Gasteiger partial charge on any atom is 0.413 e. The lowest BCUT2D eigenvalue weighted by Gasteiger charge is -2.23. The lowest BCUT2D eigenvalue weighted by molar-refractivity contribution is -0.154. The van der Waals surface area contributed by atoms with Gasteiger partial charge in [-0.05, 0) is 19.1 Å². The number of nitrogens with one attached hydrogen (secondary N) is 2. The van der Waals surface area contributed by atoms with Gasteiger partial charge in [-0.3, -0.25) is 19.7 Å². The molecule has 1 aromatic carbocycles. The lowest BCUT2D eigenvalue weighted by atomic mass is 10.2. The predicted molar refractivity (Wildman–Crippen MR) is 85.4 cm³/mol. The number of hydrogen-bond donors (Lipinski definition) is 2. The Kier molecular flexibility index (Phi) is 5.80. The number of esters is 1. The summed E-state index contributed by atoms with van der Waals surface area (Å²) in [5.74, 6) is -1.82. The number of anilines is 1. The fraction of sp³-hybridized carbons (Fsp3) is 0.333. The molecule has 8 nitrogen and oxygen atoms in total. The first-order valence-electron chi connectivity index (χ1n) is 7.05. The molecule has 0 saturated carbocycles. The molecule has 0 aromatic heterocycles. The zero-order chi connectivity index (χ0) is 17.7. The average molecular weight is 352 g/mol. The van der Waals surface area contributed by atoms with Crippen LogP contribution in [0.15, 0.2) is 29.2 Å². The largest absolute Gasteiger partial charge is 0.453 e. The summed E-state index contributed by atoms with van der Waals surface area (Å²) in [5.41, 5.74) is 0.697. The van der Waals surface area contributed by atoms with Crippen LogP contribution in [0.3, 0.4) is 0 Å². The minimum Gasteiger partial charge on any atom is -0.453 e. The molecule has 3 amide bonds. The van der Waals surface area contributed by atoms with Crippen LogP contribution in [-0.2, 0) is 23.9 Å². The molecule has 0 unspecified atom stereocenters. The molecular weight excluding hydrogens is 336 g/mol. The molecule has 1 aromatic rings. The molecule has 24 heavy (non-hydrogen) atoms. The molecule has 1 heterocycles. The van der Waals surface area contributed by atoms with Crippen molar-refractivity contribution in [3.8, 4) is 0 Å². The fourth-order valence-corrected chi connectivity index (χ4v) is 3.03. The standard InChI is InChI=1S/C15H16N2O6S/c1-8(13(19)17-15(21)22-2)23-12(18)7-11-14(20)16-9-5-3-4-6-10(9)24-11/h3-6,8,11H,7H2,1-2H3,(H,16,20)(H,17,19,21)/t8-,11-/m0/s1. The summed E-state index contributed by atoms with van der Waals surface area (Å²) < 4.78 is 9.22. The summed E-state index contributed by atoms with van der Waals surface area (Å²) in [5, 5.41) is 3.97. The Bertz CT molecular complexity index is 678. The van der Waals surface area contributed by atoms with Crippen molar-refractivity contribution in [2.45, 2.75) is 29.6 Å². The third-order valence-corrected chi connectivity index (χ3v) is 4.42. The van der Waals surface area contributed by atoms with Crippen LogP contribution in [-0.4, -0.2) is 42.3 Å². The first kappa shape index (κ1) is 17.8. The molecule has 0 aliphatic carbocycles. The third-order valence-electron chi connectivity index (χ3n) is 3.15. The van der Waals surface area contributed by atoms with E-state index in [0.717, 1.165) is 12.0 Å². The Balaban J connectivity index is 1.89. The number of carbonyl (C=O) groups excluding carboxylic acids is 4.